The summed E-state index contributed by atoms with van der Waals surface area (Å²) in [5, 5.41) is 3.32. The van der Waals surface area contributed by atoms with E-state index in [9.17, 15) is 8.78 Å². The van der Waals surface area contributed by atoms with Crippen molar-refractivity contribution in [3.8, 4) is 0 Å². The number of benzene rings is 1. The summed E-state index contributed by atoms with van der Waals surface area (Å²) in [5.74, 6) is -0.194. The first-order valence-electron chi connectivity index (χ1n) is 8.52. The maximum atomic E-state index is 13.4. The number of nitrogens with one attached hydrogen (secondary N) is 1. The van der Waals surface area contributed by atoms with Crippen LogP contribution in [0.3, 0.4) is 0 Å². The molecule has 0 saturated carbocycles. The Morgan fingerprint density at radius 2 is 2.16 bits per heavy atom. The molecular weight excluding hydrogens is 439 g/mol. The van der Waals surface area contributed by atoms with E-state index in [2.05, 4.69) is 10.2 Å². The highest BCUT2D eigenvalue weighted by atomic mass is 127. The molecule has 1 fully saturated rings. The summed E-state index contributed by atoms with van der Waals surface area (Å²) in [4.78, 5) is 6.93. The van der Waals surface area contributed by atoms with Gasteiger partial charge < -0.3 is 15.0 Å². The van der Waals surface area contributed by atoms with Crippen LogP contribution in [-0.2, 0) is 4.74 Å². The Labute approximate surface area is 166 Å². The fraction of sp³-hybridized carbons (Fsp3) is 0.611. The van der Waals surface area contributed by atoms with Gasteiger partial charge >= 0.3 is 0 Å². The molecule has 1 aliphatic heterocycles. The molecule has 0 amide bonds. The number of methoxy groups -OCH3 is 1. The van der Waals surface area contributed by atoms with E-state index in [0.717, 1.165) is 44.2 Å². The van der Waals surface area contributed by atoms with E-state index in [4.69, 9.17) is 9.73 Å². The second-order valence-electron chi connectivity index (χ2n) is 6.33. The predicted octanol–water partition coefficient (Wildman–Crippen LogP) is 3.62. The lowest BCUT2D eigenvalue weighted by Gasteiger charge is -2.22. The second-order valence-corrected chi connectivity index (χ2v) is 6.33. The van der Waals surface area contributed by atoms with Crippen molar-refractivity contribution in [1.82, 2.24) is 10.2 Å². The van der Waals surface area contributed by atoms with Crippen molar-refractivity contribution in [2.45, 2.75) is 26.2 Å². The van der Waals surface area contributed by atoms with Crippen molar-refractivity contribution in [1.29, 1.82) is 0 Å². The fourth-order valence-corrected chi connectivity index (χ4v) is 2.97. The normalized spacial score (nSPS) is 18.8. The molecule has 0 radical (unpaired) electrons. The van der Waals surface area contributed by atoms with Crippen LogP contribution in [0.1, 0.15) is 31.7 Å². The molecule has 2 unspecified atom stereocenters. The molecule has 1 aromatic carbocycles. The first-order chi connectivity index (χ1) is 11.5. The number of guanidine groups is 1. The molecule has 1 aliphatic rings. The number of ether oxygens (including phenoxy) is 1. The molecule has 2 rings (SSSR count). The standard InChI is InChI=1S/C18H27F2N3O.HI/c1-4-21-18(23-8-7-14(11-23)12-24-3)22-10-13(2)15-5-6-16(19)17(20)9-15;/h5-6,9,13-14H,4,7-8,10-12H2,1-3H3,(H,21,22);1H. The number of rotatable bonds is 6. The molecule has 1 saturated heterocycles. The SMILES string of the molecule is CCNC(=NCC(C)c1ccc(F)c(F)c1)N1CCC(COC)C1.I. The topological polar surface area (TPSA) is 36.9 Å². The maximum absolute atomic E-state index is 13.4. The Balaban J connectivity index is 0.00000312. The number of hydrogen-bond donors (Lipinski definition) is 1. The van der Waals surface area contributed by atoms with Crippen LogP contribution in [0.25, 0.3) is 0 Å². The largest absolute Gasteiger partial charge is 0.384 e. The third-order valence-corrected chi connectivity index (χ3v) is 4.35. The number of likely N-dealkylation sites (tertiary alicyclic amines) is 1. The van der Waals surface area contributed by atoms with E-state index < -0.39 is 11.6 Å². The fourth-order valence-electron chi connectivity index (χ4n) is 2.97. The lowest BCUT2D eigenvalue weighted by molar-refractivity contribution is 0.157. The van der Waals surface area contributed by atoms with Crippen molar-refractivity contribution >= 4 is 29.9 Å². The summed E-state index contributed by atoms with van der Waals surface area (Å²) in [6.07, 6.45) is 1.09. The first kappa shape index (κ1) is 22.1. The van der Waals surface area contributed by atoms with E-state index in [0.29, 0.717) is 12.5 Å². The molecule has 1 N–H and O–H groups in total. The summed E-state index contributed by atoms with van der Waals surface area (Å²) in [6.45, 7) is 7.98. The molecule has 4 nitrogen and oxygen atoms in total. The van der Waals surface area contributed by atoms with E-state index >= 15 is 0 Å². The number of halogens is 3. The number of hydrogen-bond acceptors (Lipinski definition) is 2. The van der Waals surface area contributed by atoms with Crippen molar-refractivity contribution in [2.75, 3.05) is 39.9 Å². The van der Waals surface area contributed by atoms with Crippen molar-refractivity contribution in [3.63, 3.8) is 0 Å². The lowest BCUT2D eigenvalue weighted by atomic mass is 10.0. The first-order valence-corrected chi connectivity index (χ1v) is 8.52. The zero-order valence-electron chi connectivity index (χ0n) is 15.1. The van der Waals surface area contributed by atoms with Crippen LogP contribution in [0.15, 0.2) is 23.2 Å². The average molecular weight is 467 g/mol. The highest BCUT2D eigenvalue weighted by Crippen LogP contribution is 2.20. The molecule has 0 aromatic heterocycles. The molecule has 1 heterocycles. The summed E-state index contributed by atoms with van der Waals surface area (Å²) in [6, 6.07) is 4.05. The quantitative estimate of drug-likeness (QED) is 0.395. The third-order valence-electron chi connectivity index (χ3n) is 4.35. The molecule has 7 heteroatoms. The van der Waals surface area contributed by atoms with Gasteiger partial charge in [0.2, 0.25) is 0 Å². The third kappa shape index (κ3) is 6.36. The van der Waals surface area contributed by atoms with E-state index in [-0.39, 0.29) is 29.9 Å². The van der Waals surface area contributed by atoms with E-state index in [1.54, 1.807) is 13.2 Å². The van der Waals surface area contributed by atoms with Crippen LogP contribution in [0.5, 0.6) is 0 Å². The van der Waals surface area contributed by atoms with Crippen LogP contribution >= 0.6 is 24.0 Å². The molecule has 142 valence electrons. The van der Waals surface area contributed by atoms with Gasteiger partial charge in [-0.2, -0.15) is 0 Å². The van der Waals surface area contributed by atoms with Gasteiger partial charge in [0.05, 0.1) is 6.61 Å². The Hall–Kier alpha value is -0.960. The minimum absolute atomic E-state index is 0. The van der Waals surface area contributed by atoms with Gasteiger partial charge in [-0.05, 0) is 31.0 Å². The molecular formula is C18H28F2IN3O. The molecule has 0 bridgehead atoms. The summed E-state index contributed by atoms with van der Waals surface area (Å²) in [5.41, 5.74) is 0.757. The number of nitrogens with zero attached hydrogens (tertiary/aromatic N) is 2. The van der Waals surface area contributed by atoms with Gasteiger partial charge in [0.15, 0.2) is 17.6 Å². The van der Waals surface area contributed by atoms with Crippen molar-refractivity contribution in [3.05, 3.63) is 35.4 Å². The van der Waals surface area contributed by atoms with Crippen LogP contribution in [-0.4, -0.2) is 50.8 Å². The average Bonchev–Trinajstić information content (AvgIpc) is 3.02. The minimum atomic E-state index is -0.816. The number of aliphatic imine (C=N–C) groups is 1. The van der Waals surface area contributed by atoms with Gasteiger partial charge in [-0.3, -0.25) is 4.99 Å². The summed E-state index contributed by atoms with van der Waals surface area (Å²) in [7, 11) is 1.73. The lowest BCUT2D eigenvalue weighted by Crippen LogP contribution is -2.40. The summed E-state index contributed by atoms with van der Waals surface area (Å²) < 4.78 is 31.7. The summed E-state index contributed by atoms with van der Waals surface area (Å²) >= 11 is 0. The van der Waals surface area contributed by atoms with E-state index in [1.807, 2.05) is 13.8 Å². The molecule has 25 heavy (non-hydrogen) atoms. The van der Waals surface area contributed by atoms with Crippen molar-refractivity contribution < 1.29 is 13.5 Å². The monoisotopic (exact) mass is 467 g/mol. The highest BCUT2D eigenvalue weighted by Gasteiger charge is 2.24. The second kappa shape index (κ2) is 10.9. The molecule has 0 aliphatic carbocycles. The predicted molar refractivity (Wildman–Crippen MR) is 108 cm³/mol. The van der Waals surface area contributed by atoms with Gasteiger partial charge in [0.1, 0.15) is 0 Å². The Morgan fingerprint density at radius 3 is 2.80 bits per heavy atom. The Morgan fingerprint density at radius 1 is 1.40 bits per heavy atom. The molecule has 2 atom stereocenters. The van der Waals surface area contributed by atoms with Gasteiger partial charge in [0, 0.05) is 45.1 Å². The van der Waals surface area contributed by atoms with Crippen molar-refractivity contribution in [2.24, 2.45) is 10.9 Å². The van der Waals surface area contributed by atoms with Gasteiger partial charge in [0.25, 0.3) is 0 Å². The van der Waals surface area contributed by atoms with Gasteiger partial charge in [-0.15, -0.1) is 24.0 Å². The zero-order chi connectivity index (χ0) is 17.5. The maximum Gasteiger partial charge on any atom is 0.193 e. The zero-order valence-corrected chi connectivity index (χ0v) is 17.4. The Kier molecular flexibility index (Phi) is 9.63. The van der Waals surface area contributed by atoms with Crippen LogP contribution in [0, 0.1) is 17.6 Å². The molecule has 1 aromatic rings. The van der Waals surface area contributed by atoms with Crippen LogP contribution < -0.4 is 5.32 Å². The van der Waals surface area contributed by atoms with Gasteiger partial charge in [-0.1, -0.05) is 13.0 Å². The smallest absolute Gasteiger partial charge is 0.193 e. The highest BCUT2D eigenvalue weighted by molar-refractivity contribution is 14.0. The molecule has 0 spiro atoms. The van der Waals surface area contributed by atoms with Crippen LogP contribution in [0.2, 0.25) is 0 Å². The minimum Gasteiger partial charge on any atom is -0.384 e. The van der Waals surface area contributed by atoms with Gasteiger partial charge in [-0.25, -0.2) is 8.78 Å². The van der Waals surface area contributed by atoms with E-state index in [1.165, 1.54) is 12.1 Å². The Bertz CT molecular complexity index is 571. The van der Waals surface area contributed by atoms with Crippen LogP contribution in [0.4, 0.5) is 8.78 Å².